The van der Waals surface area contributed by atoms with Gasteiger partial charge < -0.3 is 5.32 Å². The lowest BCUT2D eigenvalue weighted by atomic mass is 9.88. The van der Waals surface area contributed by atoms with Gasteiger partial charge in [-0.2, -0.15) is 0 Å². The molecule has 0 saturated carbocycles. The highest BCUT2D eigenvalue weighted by atomic mass is 79.9. The van der Waals surface area contributed by atoms with Crippen LogP contribution in [0.4, 0.5) is 0 Å². The van der Waals surface area contributed by atoms with Crippen LogP contribution in [-0.4, -0.2) is 17.4 Å². The van der Waals surface area contributed by atoms with Gasteiger partial charge in [-0.05, 0) is 53.3 Å². The van der Waals surface area contributed by atoms with E-state index in [2.05, 4.69) is 108 Å². The summed E-state index contributed by atoms with van der Waals surface area (Å²) in [5.74, 6) is 0.578. The van der Waals surface area contributed by atoms with Crippen LogP contribution in [0, 0.1) is 0 Å². The minimum atomic E-state index is -0.0876. The lowest BCUT2D eigenvalue weighted by Crippen LogP contribution is -2.26. The zero-order chi connectivity index (χ0) is 26.5. The van der Waals surface area contributed by atoms with Crippen LogP contribution >= 0.6 is 15.9 Å². The molecule has 0 atom stereocenters. The van der Waals surface area contributed by atoms with Gasteiger partial charge >= 0.3 is 0 Å². The molecule has 0 unspecified atom stereocenters. The molecule has 0 aliphatic rings. The Morgan fingerprint density at radius 3 is 2.03 bits per heavy atom. The molecule has 0 aliphatic heterocycles. The number of rotatable bonds is 8. The first kappa shape index (κ1) is 25.9. The molecular weight excluding hydrogens is 532 g/mol. The number of pyridine rings is 1. The Morgan fingerprint density at radius 2 is 1.42 bits per heavy atom. The fourth-order valence-corrected chi connectivity index (χ4v) is 5.26. The molecule has 1 heterocycles. The second kappa shape index (κ2) is 11.7. The molecule has 5 rings (SSSR count). The predicted octanol–water partition coefficient (Wildman–Crippen LogP) is 8.74. The second-order valence-corrected chi connectivity index (χ2v) is 10.8. The Hall–Kier alpha value is -3.76. The maximum atomic E-state index is 13.6. The van der Waals surface area contributed by atoms with Crippen molar-refractivity contribution in [2.24, 2.45) is 0 Å². The van der Waals surface area contributed by atoms with Gasteiger partial charge in [0.1, 0.15) is 0 Å². The van der Waals surface area contributed by atoms with Gasteiger partial charge in [0.05, 0.1) is 16.8 Å². The van der Waals surface area contributed by atoms with Crippen LogP contribution in [0.15, 0.2) is 114 Å². The number of aromatic nitrogens is 1. The van der Waals surface area contributed by atoms with E-state index in [-0.39, 0.29) is 11.8 Å². The Kier molecular flexibility index (Phi) is 8.00. The van der Waals surface area contributed by atoms with Crippen LogP contribution in [0.3, 0.4) is 0 Å². The summed E-state index contributed by atoms with van der Waals surface area (Å²) in [5.41, 5.74) is 7.01. The van der Waals surface area contributed by atoms with Gasteiger partial charge in [0.25, 0.3) is 5.91 Å². The summed E-state index contributed by atoms with van der Waals surface area (Å²) in [4.78, 5) is 18.5. The first-order chi connectivity index (χ1) is 18.5. The zero-order valence-corrected chi connectivity index (χ0v) is 23.3. The smallest absolute Gasteiger partial charge is 0.252 e. The zero-order valence-electron chi connectivity index (χ0n) is 21.7. The maximum Gasteiger partial charge on any atom is 0.252 e. The van der Waals surface area contributed by atoms with Crippen molar-refractivity contribution in [3.05, 3.63) is 136 Å². The Balaban J connectivity index is 1.42. The van der Waals surface area contributed by atoms with Crippen LogP contribution in [0.5, 0.6) is 0 Å². The fourth-order valence-electron chi connectivity index (χ4n) is 4.89. The number of hydrogen-bond donors (Lipinski definition) is 1. The van der Waals surface area contributed by atoms with E-state index in [0.717, 1.165) is 33.1 Å². The van der Waals surface area contributed by atoms with E-state index in [4.69, 9.17) is 4.98 Å². The number of hydrogen-bond acceptors (Lipinski definition) is 2. The van der Waals surface area contributed by atoms with E-state index in [0.29, 0.717) is 18.0 Å². The monoisotopic (exact) mass is 562 g/mol. The molecule has 1 amide bonds. The van der Waals surface area contributed by atoms with E-state index in [1.165, 1.54) is 16.7 Å². The SMILES string of the molecule is CC(C)c1ccc(-c2cc(C(=O)NCCC(c3ccccc3)c3ccccc3)c3cc(Br)ccc3n2)cc1. The molecule has 4 aromatic carbocycles. The fraction of sp³-hybridized carbons (Fsp3) is 0.176. The Labute approximate surface area is 233 Å². The molecule has 0 bridgehead atoms. The Morgan fingerprint density at radius 1 is 0.789 bits per heavy atom. The van der Waals surface area contributed by atoms with E-state index in [1.54, 1.807) is 0 Å². The van der Waals surface area contributed by atoms with Crippen molar-refractivity contribution in [2.75, 3.05) is 6.54 Å². The summed E-state index contributed by atoms with van der Waals surface area (Å²) < 4.78 is 0.920. The maximum absolute atomic E-state index is 13.6. The van der Waals surface area contributed by atoms with E-state index in [9.17, 15) is 4.79 Å². The molecule has 1 N–H and O–H groups in total. The average molecular weight is 564 g/mol. The lowest BCUT2D eigenvalue weighted by Gasteiger charge is -2.19. The van der Waals surface area contributed by atoms with Gasteiger partial charge in [-0.3, -0.25) is 4.79 Å². The molecule has 1 aromatic heterocycles. The molecule has 38 heavy (non-hydrogen) atoms. The topological polar surface area (TPSA) is 42.0 Å². The number of nitrogens with one attached hydrogen (secondary N) is 1. The number of carbonyl (C=O) groups is 1. The third kappa shape index (κ3) is 5.87. The highest BCUT2D eigenvalue weighted by Gasteiger charge is 2.17. The van der Waals surface area contributed by atoms with Crippen LogP contribution in [0.2, 0.25) is 0 Å². The summed E-state index contributed by atoms with van der Waals surface area (Å²) in [6.45, 7) is 4.93. The van der Waals surface area contributed by atoms with E-state index in [1.807, 2.05) is 36.4 Å². The van der Waals surface area contributed by atoms with Crippen molar-refractivity contribution in [2.45, 2.75) is 32.1 Å². The van der Waals surface area contributed by atoms with Crippen LogP contribution in [0.1, 0.15) is 59.2 Å². The van der Waals surface area contributed by atoms with Crippen LogP contribution < -0.4 is 5.32 Å². The third-order valence-electron chi connectivity index (χ3n) is 7.01. The van der Waals surface area contributed by atoms with Crippen LogP contribution in [-0.2, 0) is 0 Å². The Bertz CT molecular complexity index is 1490. The normalized spacial score (nSPS) is 11.3. The quantitative estimate of drug-likeness (QED) is 0.205. The molecule has 190 valence electrons. The summed E-state index contributed by atoms with van der Waals surface area (Å²) in [5, 5.41) is 4.04. The average Bonchev–Trinajstić information content (AvgIpc) is 2.95. The summed E-state index contributed by atoms with van der Waals surface area (Å²) >= 11 is 3.56. The largest absolute Gasteiger partial charge is 0.352 e. The van der Waals surface area contributed by atoms with Gasteiger partial charge in [0.15, 0.2) is 0 Å². The van der Waals surface area contributed by atoms with Crippen molar-refractivity contribution >= 4 is 32.7 Å². The number of halogens is 1. The lowest BCUT2D eigenvalue weighted by molar-refractivity contribution is 0.0954. The third-order valence-corrected chi connectivity index (χ3v) is 7.50. The van der Waals surface area contributed by atoms with Gasteiger partial charge in [-0.25, -0.2) is 4.98 Å². The first-order valence-corrected chi connectivity index (χ1v) is 13.9. The first-order valence-electron chi connectivity index (χ1n) is 13.1. The van der Waals surface area contributed by atoms with Crippen molar-refractivity contribution < 1.29 is 4.79 Å². The van der Waals surface area contributed by atoms with Gasteiger partial charge in [-0.15, -0.1) is 0 Å². The molecule has 5 aromatic rings. The second-order valence-electron chi connectivity index (χ2n) is 9.91. The van der Waals surface area contributed by atoms with Gasteiger partial charge in [0, 0.05) is 27.9 Å². The molecule has 0 spiro atoms. The minimum absolute atomic E-state index is 0.0876. The molecule has 4 heteroatoms. The minimum Gasteiger partial charge on any atom is -0.352 e. The van der Waals surface area contributed by atoms with Crippen LogP contribution in [0.25, 0.3) is 22.2 Å². The van der Waals surface area contributed by atoms with Crippen molar-refractivity contribution in [3.8, 4) is 11.3 Å². The molecule has 0 aliphatic carbocycles. The van der Waals surface area contributed by atoms with E-state index >= 15 is 0 Å². The predicted molar refractivity (Wildman–Crippen MR) is 161 cm³/mol. The van der Waals surface area contributed by atoms with Crippen molar-refractivity contribution in [1.82, 2.24) is 10.3 Å². The molecular formula is C34H31BrN2O. The van der Waals surface area contributed by atoms with E-state index < -0.39 is 0 Å². The highest BCUT2D eigenvalue weighted by molar-refractivity contribution is 9.10. The number of fused-ring (bicyclic) bond motifs is 1. The number of carbonyl (C=O) groups excluding carboxylic acids is 1. The number of nitrogens with zero attached hydrogens (tertiary/aromatic N) is 1. The van der Waals surface area contributed by atoms with Crippen molar-refractivity contribution in [1.29, 1.82) is 0 Å². The number of benzene rings is 4. The van der Waals surface area contributed by atoms with Crippen molar-refractivity contribution in [3.63, 3.8) is 0 Å². The molecule has 0 radical (unpaired) electrons. The summed E-state index contributed by atoms with van der Waals surface area (Å²) in [7, 11) is 0. The standard InChI is InChI=1S/C34H31BrN2O/c1-23(2)24-13-15-27(16-14-24)33-22-31(30-21-28(35)17-18-32(30)37-33)34(38)36-20-19-29(25-9-5-3-6-10-25)26-11-7-4-8-12-26/h3-18,21-23,29H,19-20H2,1-2H3,(H,36,38). The molecule has 0 saturated heterocycles. The molecule has 3 nitrogen and oxygen atoms in total. The summed E-state index contributed by atoms with van der Waals surface area (Å²) in [6, 6.07) is 37.3. The summed E-state index contributed by atoms with van der Waals surface area (Å²) in [6.07, 6.45) is 0.802. The molecule has 0 fully saturated rings. The number of amides is 1. The highest BCUT2D eigenvalue weighted by Crippen LogP contribution is 2.30. The van der Waals surface area contributed by atoms with Gasteiger partial charge in [0.2, 0.25) is 0 Å². The van der Waals surface area contributed by atoms with Gasteiger partial charge in [-0.1, -0.05) is 115 Å².